The highest BCUT2D eigenvalue weighted by Crippen LogP contribution is 1.91. The van der Waals surface area contributed by atoms with Crippen molar-refractivity contribution >= 4 is 11.9 Å². The molecule has 0 aliphatic heterocycles. The Morgan fingerprint density at radius 3 is 1.71 bits per heavy atom. The Morgan fingerprint density at radius 1 is 1.06 bits per heavy atom. The zero-order valence-corrected chi connectivity index (χ0v) is 10.1. The van der Waals surface area contributed by atoms with Gasteiger partial charge in [0, 0.05) is 0 Å². The van der Waals surface area contributed by atoms with Crippen LogP contribution < -0.4 is 17.2 Å². The standard InChI is InChI=1S/C5H12N2O2.C5H11NO2/c6-3-1-2-4(7)5(8)9;1-2-3-4(6)5(7)8/h4H,1-3,6-7H2,(H,8,9);4H,2-3,6H2,1H3,(H,7,8). The number of hydrogen-bond donors (Lipinski definition) is 5. The van der Waals surface area contributed by atoms with Gasteiger partial charge < -0.3 is 27.4 Å². The molecule has 0 fully saturated rings. The van der Waals surface area contributed by atoms with Crippen molar-refractivity contribution in [3.63, 3.8) is 0 Å². The number of carboxylic acid groups (broad SMARTS) is 2. The maximum atomic E-state index is 10.0. The van der Waals surface area contributed by atoms with Gasteiger partial charge in [0.2, 0.25) is 0 Å². The molecule has 7 nitrogen and oxygen atoms in total. The zero-order chi connectivity index (χ0) is 13.8. The van der Waals surface area contributed by atoms with Gasteiger partial charge in [-0.2, -0.15) is 0 Å². The lowest BCUT2D eigenvalue weighted by Crippen LogP contribution is -2.30. The van der Waals surface area contributed by atoms with E-state index in [-0.39, 0.29) is 0 Å². The molecular weight excluding hydrogens is 226 g/mol. The summed E-state index contributed by atoms with van der Waals surface area (Å²) >= 11 is 0. The molecule has 0 aromatic carbocycles. The first kappa shape index (κ1) is 18.2. The van der Waals surface area contributed by atoms with Gasteiger partial charge in [-0.15, -0.1) is 0 Å². The summed E-state index contributed by atoms with van der Waals surface area (Å²) < 4.78 is 0. The third-order valence-electron chi connectivity index (χ3n) is 1.95. The van der Waals surface area contributed by atoms with Gasteiger partial charge in [0.25, 0.3) is 0 Å². The van der Waals surface area contributed by atoms with Crippen LogP contribution in [0.25, 0.3) is 0 Å². The summed E-state index contributed by atoms with van der Waals surface area (Å²) in [6.07, 6.45) is 2.53. The van der Waals surface area contributed by atoms with Crippen LogP contribution in [0.4, 0.5) is 0 Å². The minimum Gasteiger partial charge on any atom is -0.480 e. The number of aliphatic carboxylic acids is 2. The van der Waals surface area contributed by atoms with Gasteiger partial charge in [0.1, 0.15) is 12.1 Å². The first-order valence-corrected chi connectivity index (χ1v) is 5.53. The van der Waals surface area contributed by atoms with Crippen LogP contribution in [-0.4, -0.2) is 40.8 Å². The number of carbonyl (C=O) groups is 2. The van der Waals surface area contributed by atoms with Crippen molar-refractivity contribution in [3.8, 4) is 0 Å². The third kappa shape index (κ3) is 12.8. The minimum atomic E-state index is -0.955. The molecule has 2 unspecified atom stereocenters. The highest BCUT2D eigenvalue weighted by Gasteiger charge is 2.09. The summed E-state index contributed by atoms with van der Waals surface area (Å²) in [6.45, 7) is 2.41. The molecule has 0 spiro atoms. The highest BCUT2D eigenvalue weighted by molar-refractivity contribution is 5.73. The fourth-order valence-corrected chi connectivity index (χ4v) is 0.896. The average molecular weight is 249 g/mol. The number of nitrogens with two attached hydrogens (primary N) is 3. The van der Waals surface area contributed by atoms with Gasteiger partial charge in [-0.05, 0) is 25.8 Å². The van der Waals surface area contributed by atoms with E-state index in [1.54, 1.807) is 0 Å². The molecule has 0 amide bonds. The van der Waals surface area contributed by atoms with Crippen molar-refractivity contribution < 1.29 is 19.8 Å². The maximum Gasteiger partial charge on any atom is 0.320 e. The van der Waals surface area contributed by atoms with Crippen LogP contribution >= 0.6 is 0 Å². The molecule has 17 heavy (non-hydrogen) atoms. The van der Waals surface area contributed by atoms with Gasteiger partial charge >= 0.3 is 11.9 Å². The van der Waals surface area contributed by atoms with E-state index in [1.165, 1.54) is 0 Å². The minimum absolute atomic E-state index is 0.464. The lowest BCUT2D eigenvalue weighted by atomic mass is 10.2. The fourth-order valence-electron chi connectivity index (χ4n) is 0.896. The molecule has 0 bridgehead atoms. The summed E-state index contributed by atoms with van der Waals surface area (Å²) in [5.41, 5.74) is 15.4. The topological polar surface area (TPSA) is 153 Å². The summed E-state index contributed by atoms with van der Waals surface area (Å²) in [6, 6.07) is -1.41. The normalized spacial score (nSPS) is 13.2. The Morgan fingerprint density at radius 2 is 1.47 bits per heavy atom. The number of rotatable bonds is 7. The lowest BCUT2D eigenvalue weighted by molar-refractivity contribution is -0.139. The second kappa shape index (κ2) is 11.3. The van der Waals surface area contributed by atoms with Crippen molar-refractivity contribution in [2.24, 2.45) is 17.2 Å². The van der Waals surface area contributed by atoms with E-state index in [9.17, 15) is 9.59 Å². The first-order chi connectivity index (χ1) is 7.86. The van der Waals surface area contributed by atoms with Gasteiger partial charge in [-0.25, -0.2) is 0 Å². The van der Waals surface area contributed by atoms with E-state index in [0.717, 1.165) is 6.42 Å². The smallest absolute Gasteiger partial charge is 0.320 e. The second-order valence-corrected chi connectivity index (χ2v) is 3.61. The molecule has 0 saturated heterocycles. The molecule has 0 aromatic heterocycles. The maximum absolute atomic E-state index is 10.0. The van der Waals surface area contributed by atoms with E-state index in [4.69, 9.17) is 27.4 Å². The summed E-state index contributed by atoms with van der Waals surface area (Å²) in [5, 5.41) is 16.4. The van der Waals surface area contributed by atoms with Crippen molar-refractivity contribution in [1.29, 1.82) is 0 Å². The van der Waals surface area contributed by atoms with Gasteiger partial charge in [0.05, 0.1) is 0 Å². The van der Waals surface area contributed by atoms with E-state index >= 15 is 0 Å². The van der Waals surface area contributed by atoms with E-state index in [1.807, 2.05) is 6.92 Å². The molecule has 102 valence electrons. The molecule has 2 atom stereocenters. The molecule has 0 rings (SSSR count). The lowest BCUT2D eigenvalue weighted by Gasteiger charge is -2.02. The van der Waals surface area contributed by atoms with E-state index < -0.39 is 24.0 Å². The molecule has 8 N–H and O–H groups in total. The molecule has 0 radical (unpaired) electrons. The van der Waals surface area contributed by atoms with Crippen LogP contribution in [0.3, 0.4) is 0 Å². The Balaban J connectivity index is 0. The van der Waals surface area contributed by atoms with Crippen molar-refractivity contribution in [2.45, 2.75) is 44.7 Å². The monoisotopic (exact) mass is 249 g/mol. The van der Waals surface area contributed by atoms with Crippen LogP contribution in [0.2, 0.25) is 0 Å². The summed E-state index contributed by atoms with van der Waals surface area (Å²) in [7, 11) is 0. The molecule has 0 heterocycles. The molecular formula is C10H23N3O4. The van der Waals surface area contributed by atoms with Gasteiger partial charge in [-0.1, -0.05) is 13.3 Å². The second-order valence-electron chi connectivity index (χ2n) is 3.61. The highest BCUT2D eigenvalue weighted by atomic mass is 16.4. The molecule has 7 heteroatoms. The molecule has 0 aliphatic rings. The van der Waals surface area contributed by atoms with Crippen LogP contribution in [0, 0.1) is 0 Å². The Kier molecular flexibility index (Phi) is 12.1. The molecule has 0 aliphatic carbocycles. The predicted octanol–water partition coefficient (Wildman–Crippen LogP) is -0.664. The Hall–Kier alpha value is -1.18. The largest absolute Gasteiger partial charge is 0.480 e. The average Bonchev–Trinajstić information content (AvgIpc) is 2.26. The van der Waals surface area contributed by atoms with Crippen molar-refractivity contribution in [1.82, 2.24) is 0 Å². The van der Waals surface area contributed by atoms with Crippen molar-refractivity contribution in [3.05, 3.63) is 0 Å². The number of carboxylic acids is 2. The quantitative estimate of drug-likeness (QED) is 0.401. The fraction of sp³-hybridized carbons (Fsp3) is 0.800. The summed E-state index contributed by atoms with van der Waals surface area (Å²) in [5.74, 6) is -1.87. The van der Waals surface area contributed by atoms with Gasteiger partial charge in [-0.3, -0.25) is 9.59 Å². The first-order valence-electron chi connectivity index (χ1n) is 5.53. The van der Waals surface area contributed by atoms with Crippen molar-refractivity contribution in [2.75, 3.05) is 6.54 Å². The van der Waals surface area contributed by atoms with Crippen LogP contribution in [0.1, 0.15) is 32.6 Å². The van der Waals surface area contributed by atoms with Crippen LogP contribution in [0.15, 0.2) is 0 Å². The SMILES string of the molecule is CCCC(N)C(=O)O.NCCCC(N)C(=O)O. The third-order valence-corrected chi connectivity index (χ3v) is 1.95. The Labute approximate surface area is 101 Å². The molecule has 0 saturated carbocycles. The summed E-state index contributed by atoms with van der Waals surface area (Å²) in [4.78, 5) is 20.0. The van der Waals surface area contributed by atoms with Crippen LogP contribution in [-0.2, 0) is 9.59 Å². The number of hydrogen-bond acceptors (Lipinski definition) is 5. The Bertz CT molecular complexity index is 224. The predicted molar refractivity (Wildman–Crippen MR) is 64.4 cm³/mol. The molecule has 0 aromatic rings. The van der Waals surface area contributed by atoms with Crippen LogP contribution in [0.5, 0.6) is 0 Å². The van der Waals surface area contributed by atoms with E-state index in [2.05, 4.69) is 0 Å². The van der Waals surface area contributed by atoms with E-state index in [0.29, 0.717) is 25.8 Å². The zero-order valence-electron chi connectivity index (χ0n) is 10.1. The van der Waals surface area contributed by atoms with Gasteiger partial charge in [0.15, 0.2) is 0 Å².